The summed E-state index contributed by atoms with van der Waals surface area (Å²) in [6, 6.07) is 28.5. The molecule has 0 saturated heterocycles. The van der Waals surface area contributed by atoms with Crippen molar-refractivity contribution in [2.24, 2.45) is 11.3 Å². The molecular weight excluding hydrogens is 464 g/mol. The molecule has 2 aliphatic carbocycles. The minimum absolute atomic E-state index is 0.293. The Bertz CT molecular complexity index is 1070. The molecule has 2 aliphatic rings. The van der Waals surface area contributed by atoms with Gasteiger partial charge in [0.2, 0.25) is 0 Å². The molecule has 32 heavy (non-hydrogen) atoms. The number of hydrogen-bond acceptors (Lipinski definition) is 0. The maximum Gasteiger partial charge on any atom is -0.0253 e. The Morgan fingerprint density at radius 1 is 0.906 bits per heavy atom. The largest absolute Gasteiger partial charge is 0.179 e. The molecule has 0 nitrogen and oxygen atoms in total. The third-order valence-electron chi connectivity index (χ3n) is 5.66. The molecule has 1 unspecified atom stereocenters. The van der Waals surface area contributed by atoms with Gasteiger partial charge in [-0.1, -0.05) is 81.3 Å². The first-order chi connectivity index (χ1) is 15.3. The van der Waals surface area contributed by atoms with Gasteiger partial charge in [-0.25, -0.2) is 5.57 Å². The van der Waals surface area contributed by atoms with E-state index < -0.39 is 0 Å². The Balaban J connectivity index is 0.000000140. The van der Waals surface area contributed by atoms with Crippen LogP contribution >= 0.6 is 0 Å². The summed E-state index contributed by atoms with van der Waals surface area (Å²) in [4.78, 5) is 0. The van der Waals surface area contributed by atoms with Crippen LogP contribution in [0.25, 0.3) is 11.1 Å². The van der Waals surface area contributed by atoms with Crippen molar-refractivity contribution in [2.75, 3.05) is 0 Å². The molecular formula is C31H32Zr. The minimum Gasteiger partial charge on any atom is -0.179 e. The molecule has 0 aromatic heterocycles. The summed E-state index contributed by atoms with van der Waals surface area (Å²) in [5, 5.41) is 0. The molecule has 0 N–H and O–H groups in total. The monoisotopic (exact) mass is 494 g/mol. The van der Waals surface area contributed by atoms with E-state index in [4.69, 9.17) is 0 Å². The van der Waals surface area contributed by atoms with E-state index in [2.05, 4.69) is 117 Å². The van der Waals surface area contributed by atoms with Crippen LogP contribution in [0.1, 0.15) is 51.3 Å². The number of fused-ring (bicyclic) bond motifs is 3. The molecule has 3 aromatic carbocycles. The van der Waals surface area contributed by atoms with Gasteiger partial charge in [0.1, 0.15) is 0 Å². The first-order valence-corrected chi connectivity index (χ1v) is 12.7. The zero-order valence-corrected chi connectivity index (χ0v) is 22.3. The number of allylic oxidation sites excluding steroid dienone is 4. The molecule has 0 spiro atoms. The van der Waals surface area contributed by atoms with Crippen LogP contribution in [-0.2, 0) is 30.7 Å². The molecule has 0 fully saturated rings. The maximum absolute atomic E-state index is 3.40. The quantitative estimate of drug-likeness (QED) is 0.236. The van der Waals surface area contributed by atoms with E-state index in [0.29, 0.717) is 11.3 Å². The second-order valence-electron chi connectivity index (χ2n) is 9.34. The molecule has 0 radical (unpaired) electrons. The Labute approximate surface area is 209 Å². The van der Waals surface area contributed by atoms with Gasteiger partial charge in [-0.05, 0) is 6.42 Å². The van der Waals surface area contributed by atoms with Crippen molar-refractivity contribution in [3.8, 4) is 11.1 Å². The molecule has 0 heterocycles. The first-order valence-electron chi connectivity index (χ1n) is 11.3. The van der Waals surface area contributed by atoms with Gasteiger partial charge in [-0.2, -0.15) is 41.5 Å². The van der Waals surface area contributed by atoms with Crippen LogP contribution in [0.15, 0.2) is 90.0 Å². The fraction of sp³-hybridized carbons (Fsp3) is 0.258. The zero-order chi connectivity index (χ0) is 23.1. The van der Waals surface area contributed by atoms with Crippen LogP contribution in [0.2, 0.25) is 0 Å². The van der Waals surface area contributed by atoms with E-state index in [-0.39, 0.29) is 0 Å². The fourth-order valence-corrected chi connectivity index (χ4v) is 4.67. The summed E-state index contributed by atoms with van der Waals surface area (Å²) in [7, 11) is 0. The maximum atomic E-state index is 3.40. The number of rotatable bonds is 1. The second-order valence-corrected chi connectivity index (χ2v) is 10.0. The van der Waals surface area contributed by atoms with Gasteiger partial charge in [-0.15, -0.1) is 5.56 Å². The standard InChI is InChI=1S/C13H9.C11H17.C7H6.Zr/c1-3-7-12-10(5-1)9-11-6-2-4-8-13(11)12;1-8-6-9(2)10(7-8)11(3,4)5;1-7-5-3-2-4-6-7;/h1-5,7-8H,9H2;7-8H,1-5H3;1-6H;/q2*-1;;+2. The fourth-order valence-electron chi connectivity index (χ4n) is 4.20. The van der Waals surface area contributed by atoms with Gasteiger partial charge >= 0.3 is 63.8 Å². The Morgan fingerprint density at radius 2 is 1.56 bits per heavy atom. The van der Waals surface area contributed by atoms with Gasteiger partial charge in [0.25, 0.3) is 0 Å². The van der Waals surface area contributed by atoms with Crippen LogP contribution in [-0.4, -0.2) is 3.71 Å². The van der Waals surface area contributed by atoms with Crippen LogP contribution < -0.4 is 0 Å². The smallest absolute Gasteiger partial charge is 0.0253 e. The number of benzene rings is 3. The first kappa shape index (κ1) is 24.5. The molecule has 3 aromatic rings. The molecule has 1 heteroatoms. The molecule has 0 amide bonds. The predicted octanol–water partition coefficient (Wildman–Crippen LogP) is 7.80. The Hall–Kier alpha value is -2.11. The summed E-state index contributed by atoms with van der Waals surface area (Å²) < 4.78 is 2.17. The summed E-state index contributed by atoms with van der Waals surface area (Å²) >= 11 is 1.46. The summed E-state index contributed by atoms with van der Waals surface area (Å²) in [6.07, 6.45) is 6.76. The van der Waals surface area contributed by atoms with E-state index in [1.807, 2.05) is 12.1 Å². The molecule has 0 bridgehead atoms. The zero-order valence-electron chi connectivity index (χ0n) is 19.9. The van der Waals surface area contributed by atoms with Gasteiger partial charge in [0.05, 0.1) is 0 Å². The molecule has 0 saturated carbocycles. The summed E-state index contributed by atoms with van der Waals surface area (Å²) in [5.74, 6) is 0.518. The Morgan fingerprint density at radius 3 is 2.12 bits per heavy atom. The normalized spacial score (nSPS) is 15.8. The van der Waals surface area contributed by atoms with E-state index in [9.17, 15) is 0 Å². The minimum atomic E-state index is 0.293. The van der Waals surface area contributed by atoms with Gasteiger partial charge in [0.15, 0.2) is 0 Å². The van der Waals surface area contributed by atoms with E-state index in [1.165, 1.54) is 63.2 Å². The van der Waals surface area contributed by atoms with Gasteiger partial charge in [-0.3, -0.25) is 6.08 Å². The van der Waals surface area contributed by atoms with Crippen LogP contribution in [0.4, 0.5) is 0 Å². The molecule has 160 valence electrons. The molecule has 5 rings (SSSR count). The van der Waals surface area contributed by atoms with Crippen LogP contribution in [0.5, 0.6) is 0 Å². The van der Waals surface area contributed by atoms with E-state index >= 15 is 0 Å². The SMILES string of the molecule is CC1=[C-]C(C)C=C1C(C)(C)C.[Zr+2]=[CH]c1ccccc1.[c-]1cccc2c1Cc1ccccc1-2. The van der Waals surface area contributed by atoms with Crippen molar-refractivity contribution >= 4 is 3.71 Å². The van der Waals surface area contributed by atoms with Crippen LogP contribution in [0.3, 0.4) is 0 Å². The second kappa shape index (κ2) is 11.2. The molecule has 1 atom stereocenters. The van der Waals surface area contributed by atoms with Crippen molar-refractivity contribution in [1.82, 2.24) is 0 Å². The third-order valence-corrected chi connectivity index (χ3v) is 6.48. The van der Waals surface area contributed by atoms with Gasteiger partial charge in [0, 0.05) is 0 Å². The predicted molar refractivity (Wildman–Crippen MR) is 134 cm³/mol. The average Bonchev–Trinajstić information content (AvgIpc) is 3.34. The average molecular weight is 496 g/mol. The Kier molecular flexibility index (Phi) is 8.55. The summed E-state index contributed by atoms with van der Waals surface area (Å²) in [6.45, 7) is 11.1. The van der Waals surface area contributed by atoms with E-state index in [0.717, 1.165) is 6.42 Å². The van der Waals surface area contributed by atoms with Crippen molar-refractivity contribution in [3.05, 3.63) is 119 Å². The topological polar surface area (TPSA) is 0 Å². The van der Waals surface area contributed by atoms with Crippen molar-refractivity contribution in [1.29, 1.82) is 0 Å². The number of hydrogen-bond donors (Lipinski definition) is 0. The van der Waals surface area contributed by atoms with Crippen LogP contribution in [0, 0.1) is 23.5 Å². The van der Waals surface area contributed by atoms with Crippen molar-refractivity contribution in [3.63, 3.8) is 0 Å². The van der Waals surface area contributed by atoms with E-state index in [1.54, 1.807) is 0 Å². The van der Waals surface area contributed by atoms with Crippen molar-refractivity contribution < 1.29 is 24.2 Å². The third kappa shape index (κ3) is 6.46. The van der Waals surface area contributed by atoms with Gasteiger partial charge < -0.3 is 0 Å². The molecule has 0 aliphatic heterocycles. The summed E-state index contributed by atoms with van der Waals surface area (Å²) in [5.41, 5.74) is 9.93. The van der Waals surface area contributed by atoms with Crippen molar-refractivity contribution in [2.45, 2.75) is 41.0 Å².